The van der Waals surface area contributed by atoms with E-state index in [1.54, 1.807) is 0 Å². The molecule has 1 fully saturated rings. The number of hydrogen-bond acceptors (Lipinski definition) is 1. The minimum Gasteiger partial charge on any atom is -0.337 e. The molecule has 0 aromatic heterocycles. The third-order valence-electron chi connectivity index (χ3n) is 2.96. The van der Waals surface area contributed by atoms with Gasteiger partial charge in [0.15, 0.2) is 0 Å². The second-order valence-electron chi connectivity index (χ2n) is 4.96. The molecule has 1 aliphatic rings. The summed E-state index contributed by atoms with van der Waals surface area (Å²) in [5.41, 5.74) is 3.33. The average molecular weight is 263 g/mol. The van der Waals surface area contributed by atoms with Crippen molar-refractivity contribution in [1.29, 1.82) is 0 Å². The summed E-state index contributed by atoms with van der Waals surface area (Å²) in [6.45, 7) is 7.28. The number of nitrogens with zero attached hydrogens (tertiary/aromatic N) is 2. The molecule has 3 heteroatoms. The summed E-state index contributed by atoms with van der Waals surface area (Å²) in [5.74, 6) is 1.14. The Balaban J connectivity index is 2.26. The van der Waals surface area contributed by atoms with E-state index in [-0.39, 0.29) is 0 Å². The van der Waals surface area contributed by atoms with Crippen LogP contribution in [0.15, 0.2) is 35.0 Å². The van der Waals surface area contributed by atoms with Gasteiger partial charge >= 0.3 is 0 Å². The van der Waals surface area contributed by atoms with E-state index in [9.17, 15) is 0 Å². The number of halogens is 1. The molecule has 1 aliphatic heterocycles. The quantitative estimate of drug-likeness (QED) is 0.754. The zero-order chi connectivity index (χ0) is 13.1. The Morgan fingerprint density at radius 2 is 2.17 bits per heavy atom. The van der Waals surface area contributed by atoms with Gasteiger partial charge in [0.25, 0.3) is 0 Å². The molecule has 2 rings (SSSR count). The van der Waals surface area contributed by atoms with Gasteiger partial charge in [-0.3, -0.25) is 0 Å². The maximum absolute atomic E-state index is 6.13. The number of amidine groups is 1. The van der Waals surface area contributed by atoms with Crippen LogP contribution in [0.2, 0.25) is 5.02 Å². The van der Waals surface area contributed by atoms with Crippen molar-refractivity contribution < 1.29 is 0 Å². The number of allylic oxidation sites excluding steroid dienone is 1. The van der Waals surface area contributed by atoms with E-state index in [0.29, 0.717) is 0 Å². The van der Waals surface area contributed by atoms with E-state index in [0.717, 1.165) is 35.1 Å². The summed E-state index contributed by atoms with van der Waals surface area (Å²) in [6.07, 6.45) is 4.37. The largest absolute Gasteiger partial charge is 0.337 e. The van der Waals surface area contributed by atoms with Gasteiger partial charge in [0.05, 0.1) is 5.69 Å². The number of benzene rings is 1. The highest BCUT2D eigenvalue weighted by atomic mass is 35.5. The second-order valence-corrected chi connectivity index (χ2v) is 5.37. The molecule has 18 heavy (non-hydrogen) atoms. The third kappa shape index (κ3) is 3.14. The molecular weight excluding hydrogens is 244 g/mol. The van der Waals surface area contributed by atoms with E-state index >= 15 is 0 Å². The van der Waals surface area contributed by atoms with Crippen LogP contribution in [-0.2, 0) is 0 Å². The molecule has 1 heterocycles. The lowest BCUT2D eigenvalue weighted by atomic mass is 10.2. The summed E-state index contributed by atoms with van der Waals surface area (Å²) in [7, 11) is 0. The summed E-state index contributed by atoms with van der Waals surface area (Å²) in [6, 6.07) is 5.97. The van der Waals surface area contributed by atoms with Crippen LogP contribution in [0.5, 0.6) is 0 Å². The molecular formula is C15H19ClN2. The van der Waals surface area contributed by atoms with Gasteiger partial charge in [-0.2, -0.15) is 0 Å². The molecule has 0 bridgehead atoms. The fourth-order valence-electron chi connectivity index (χ4n) is 2.05. The highest BCUT2D eigenvalue weighted by molar-refractivity contribution is 6.31. The number of aryl methyl sites for hydroxylation is 1. The first-order chi connectivity index (χ1) is 8.56. The minimum atomic E-state index is 0.781. The van der Waals surface area contributed by atoms with Crippen LogP contribution in [-0.4, -0.2) is 17.3 Å². The molecule has 0 atom stereocenters. The van der Waals surface area contributed by atoms with Gasteiger partial charge in [0.1, 0.15) is 5.84 Å². The fraction of sp³-hybridized carbons (Fsp3) is 0.400. The zero-order valence-corrected chi connectivity index (χ0v) is 12.0. The molecule has 0 aliphatic carbocycles. The van der Waals surface area contributed by atoms with Crippen LogP contribution < -0.4 is 0 Å². The van der Waals surface area contributed by atoms with Gasteiger partial charge in [-0.25, -0.2) is 4.99 Å². The molecule has 96 valence electrons. The molecule has 0 spiro atoms. The van der Waals surface area contributed by atoms with Gasteiger partial charge in [-0.1, -0.05) is 23.2 Å². The summed E-state index contributed by atoms with van der Waals surface area (Å²) < 4.78 is 0. The van der Waals surface area contributed by atoms with Crippen LogP contribution in [0.4, 0.5) is 5.69 Å². The van der Waals surface area contributed by atoms with Crippen LogP contribution in [0.25, 0.3) is 0 Å². The smallest absolute Gasteiger partial charge is 0.109 e. The zero-order valence-electron chi connectivity index (χ0n) is 11.2. The van der Waals surface area contributed by atoms with Gasteiger partial charge in [-0.05, 0) is 44.9 Å². The number of rotatable bonds is 2. The summed E-state index contributed by atoms with van der Waals surface area (Å²) in [5, 5.41) is 0.781. The Bertz CT molecular complexity index is 499. The number of aliphatic imine (C=N–C) groups is 1. The average Bonchev–Trinajstić information content (AvgIpc) is 2.70. The van der Waals surface area contributed by atoms with Crippen LogP contribution in [0.3, 0.4) is 0 Å². The van der Waals surface area contributed by atoms with Crippen molar-refractivity contribution in [3.63, 3.8) is 0 Å². The van der Waals surface area contributed by atoms with Gasteiger partial charge in [0, 0.05) is 24.2 Å². The van der Waals surface area contributed by atoms with Gasteiger partial charge in [-0.15, -0.1) is 0 Å². The Hall–Kier alpha value is -1.28. The lowest BCUT2D eigenvalue weighted by Crippen LogP contribution is -2.18. The van der Waals surface area contributed by atoms with Crippen molar-refractivity contribution in [1.82, 2.24) is 4.90 Å². The molecule has 1 aromatic carbocycles. The Labute approximate surface area is 114 Å². The number of likely N-dealkylation sites (tertiary alicyclic amines) is 1. The third-order valence-corrected chi connectivity index (χ3v) is 3.37. The standard InChI is InChI=1S/C15H19ClN2/c1-11(2)10-18-8-4-5-15(18)17-13-7-6-12(3)14(16)9-13/h6-7,9-10H,4-5,8H2,1-3H3. The SMILES string of the molecule is CC(C)=CN1CCCC1=Nc1ccc(C)c(Cl)c1. The van der Waals surface area contributed by atoms with E-state index in [2.05, 4.69) is 24.9 Å². The lowest BCUT2D eigenvalue weighted by Gasteiger charge is -2.14. The van der Waals surface area contributed by atoms with Crippen molar-refractivity contribution in [3.8, 4) is 0 Å². The van der Waals surface area contributed by atoms with Crippen molar-refractivity contribution in [2.24, 2.45) is 4.99 Å². The highest BCUT2D eigenvalue weighted by Crippen LogP contribution is 2.24. The topological polar surface area (TPSA) is 15.6 Å². The molecule has 0 saturated carbocycles. The van der Waals surface area contributed by atoms with Crippen LogP contribution >= 0.6 is 11.6 Å². The summed E-state index contributed by atoms with van der Waals surface area (Å²) >= 11 is 6.13. The monoisotopic (exact) mass is 262 g/mol. The normalized spacial score (nSPS) is 17.3. The highest BCUT2D eigenvalue weighted by Gasteiger charge is 2.16. The van der Waals surface area contributed by atoms with Crippen LogP contribution in [0, 0.1) is 6.92 Å². The molecule has 0 N–H and O–H groups in total. The van der Waals surface area contributed by atoms with Crippen LogP contribution in [0.1, 0.15) is 32.3 Å². The molecule has 0 unspecified atom stereocenters. The van der Waals surface area contributed by atoms with Crippen molar-refractivity contribution in [2.45, 2.75) is 33.6 Å². The lowest BCUT2D eigenvalue weighted by molar-refractivity contribution is 0.598. The first-order valence-electron chi connectivity index (χ1n) is 6.31. The maximum Gasteiger partial charge on any atom is 0.109 e. The number of hydrogen-bond donors (Lipinski definition) is 0. The van der Waals surface area contributed by atoms with E-state index in [1.807, 2.05) is 25.1 Å². The minimum absolute atomic E-state index is 0.781. The Morgan fingerprint density at radius 3 is 2.83 bits per heavy atom. The molecule has 1 saturated heterocycles. The second kappa shape index (κ2) is 5.57. The Kier molecular flexibility index (Phi) is 4.07. The van der Waals surface area contributed by atoms with Gasteiger partial charge < -0.3 is 4.90 Å². The van der Waals surface area contributed by atoms with E-state index in [4.69, 9.17) is 16.6 Å². The molecule has 2 nitrogen and oxygen atoms in total. The molecule has 0 amide bonds. The first-order valence-corrected chi connectivity index (χ1v) is 6.69. The van der Waals surface area contributed by atoms with E-state index < -0.39 is 0 Å². The van der Waals surface area contributed by atoms with Crippen molar-refractivity contribution >= 4 is 23.1 Å². The predicted molar refractivity (Wildman–Crippen MR) is 78.7 cm³/mol. The molecule has 0 radical (unpaired) electrons. The van der Waals surface area contributed by atoms with Gasteiger partial charge in [0.2, 0.25) is 0 Å². The van der Waals surface area contributed by atoms with Crippen molar-refractivity contribution in [3.05, 3.63) is 40.6 Å². The maximum atomic E-state index is 6.13. The first kappa shape index (κ1) is 13.2. The summed E-state index contributed by atoms with van der Waals surface area (Å²) in [4.78, 5) is 6.95. The Morgan fingerprint density at radius 1 is 1.39 bits per heavy atom. The van der Waals surface area contributed by atoms with E-state index in [1.165, 1.54) is 12.0 Å². The molecule has 1 aromatic rings. The fourth-order valence-corrected chi connectivity index (χ4v) is 2.23. The predicted octanol–water partition coefficient (Wildman–Crippen LogP) is 4.70. The van der Waals surface area contributed by atoms with Crippen molar-refractivity contribution in [2.75, 3.05) is 6.54 Å².